The Balaban J connectivity index is 1.51. The van der Waals surface area contributed by atoms with Gasteiger partial charge in [0.2, 0.25) is 5.91 Å². The molecule has 1 atom stereocenters. The largest absolute Gasteiger partial charge is 0.354 e. The first-order chi connectivity index (χ1) is 16.8. The lowest BCUT2D eigenvalue weighted by Crippen LogP contribution is -2.57. The fourth-order valence-electron chi connectivity index (χ4n) is 4.87. The summed E-state index contributed by atoms with van der Waals surface area (Å²) in [6.07, 6.45) is 2.03. The van der Waals surface area contributed by atoms with Gasteiger partial charge in [-0.05, 0) is 49.1 Å². The van der Waals surface area contributed by atoms with Gasteiger partial charge >= 0.3 is 0 Å². The Bertz CT molecular complexity index is 1070. The molecule has 1 spiro atoms. The van der Waals surface area contributed by atoms with E-state index < -0.39 is 5.54 Å². The van der Waals surface area contributed by atoms with E-state index in [2.05, 4.69) is 40.0 Å². The molecule has 2 aliphatic rings. The number of likely N-dealkylation sites (tertiary alicyclic amines) is 1. The Morgan fingerprint density at radius 1 is 1.09 bits per heavy atom. The summed E-state index contributed by atoms with van der Waals surface area (Å²) >= 11 is 3.43. The van der Waals surface area contributed by atoms with Gasteiger partial charge in [-0.3, -0.25) is 14.4 Å². The van der Waals surface area contributed by atoms with Crippen LogP contribution < -0.4 is 10.2 Å². The Kier molecular flexibility index (Phi) is 7.79. The van der Waals surface area contributed by atoms with Crippen LogP contribution in [0, 0.1) is 5.92 Å². The third kappa shape index (κ3) is 5.37. The summed E-state index contributed by atoms with van der Waals surface area (Å²) in [5.74, 6) is 0.201. The van der Waals surface area contributed by atoms with Gasteiger partial charge < -0.3 is 20.0 Å². The topological polar surface area (TPSA) is 73.0 Å². The molecular weight excluding hydrogens is 508 g/mol. The summed E-state index contributed by atoms with van der Waals surface area (Å²) in [6.45, 7) is 6.16. The molecule has 8 heteroatoms. The molecule has 2 aromatic rings. The van der Waals surface area contributed by atoms with Gasteiger partial charge in [-0.2, -0.15) is 0 Å². The quantitative estimate of drug-likeness (QED) is 0.578. The molecule has 0 aromatic heterocycles. The summed E-state index contributed by atoms with van der Waals surface area (Å²) in [4.78, 5) is 45.1. The molecule has 0 bridgehead atoms. The SMILES string of the molecule is CCC(C)CNC(=O)CN1CN(c2ccccc2)C2(CCN(C(=O)c3cccc(Br)c3)CC2)C1=O. The van der Waals surface area contributed by atoms with Gasteiger partial charge in [0.05, 0.1) is 6.67 Å². The van der Waals surface area contributed by atoms with Gasteiger partial charge in [-0.25, -0.2) is 0 Å². The summed E-state index contributed by atoms with van der Waals surface area (Å²) in [5.41, 5.74) is 0.828. The van der Waals surface area contributed by atoms with Crippen LogP contribution in [0.2, 0.25) is 0 Å². The second-order valence-corrected chi connectivity index (χ2v) is 10.5. The number of carbonyl (C=O) groups excluding carboxylic acids is 3. The number of carbonyl (C=O) groups is 3. The number of nitrogens with one attached hydrogen (secondary N) is 1. The van der Waals surface area contributed by atoms with Crippen LogP contribution in [-0.2, 0) is 9.59 Å². The molecule has 0 radical (unpaired) electrons. The first kappa shape index (κ1) is 25.2. The van der Waals surface area contributed by atoms with Crippen molar-refractivity contribution < 1.29 is 14.4 Å². The summed E-state index contributed by atoms with van der Waals surface area (Å²) in [7, 11) is 0. The number of amides is 3. The second-order valence-electron chi connectivity index (χ2n) is 9.56. The molecule has 2 saturated heterocycles. The van der Waals surface area contributed by atoms with E-state index in [-0.39, 0.29) is 24.3 Å². The standard InChI is InChI=1S/C27H33BrN4O3/c1-3-20(2)17-29-24(33)18-31-19-32(23-10-5-4-6-11-23)27(26(31)35)12-14-30(15-13-27)25(34)21-8-7-9-22(28)16-21/h4-11,16,20H,3,12-15,17-19H2,1-2H3,(H,29,33). The van der Waals surface area contributed by atoms with Gasteiger partial charge in [0.25, 0.3) is 11.8 Å². The van der Waals surface area contributed by atoms with Crippen molar-refractivity contribution in [2.24, 2.45) is 5.92 Å². The molecule has 1 N–H and O–H groups in total. The molecule has 186 valence electrons. The number of halogens is 1. The van der Waals surface area contributed by atoms with Gasteiger partial charge in [0.15, 0.2) is 0 Å². The van der Waals surface area contributed by atoms with E-state index in [0.717, 1.165) is 16.6 Å². The Labute approximate surface area is 215 Å². The molecule has 0 aliphatic carbocycles. The zero-order valence-electron chi connectivity index (χ0n) is 20.4. The normalized spacial score (nSPS) is 18.1. The smallest absolute Gasteiger partial charge is 0.253 e. The van der Waals surface area contributed by atoms with Crippen LogP contribution >= 0.6 is 15.9 Å². The molecule has 0 saturated carbocycles. The Morgan fingerprint density at radius 3 is 2.46 bits per heavy atom. The van der Waals surface area contributed by atoms with Crippen LogP contribution in [0.25, 0.3) is 0 Å². The van der Waals surface area contributed by atoms with Gasteiger partial charge in [-0.15, -0.1) is 0 Å². The number of piperidine rings is 1. The molecule has 7 nitrogen and oxygen atoms in total. The number of hydrogen-bond acceptors (Lipinski definition) is 4. The molecule has 2 aromatic carbocycles. The average Bonchev–Trinajstić information content (AvgIpc) is 3.13. The first-order valence-corrected chi connectivity index (χ1v) is 13.1. The van der Waals surface area contributed by atoms with E-state index in [4.69, 9.17) is 0 Å². The van der Waals surface area contributed by atoms with Gasteiger partial charge in [-0.1, -0.05) is 60.5 Å². The van der Waals surface area contributed by atoms with Crippen molar-refractivity contribution in [2.75, 3.05) is 37.7 Å². The number of benzene rings is 2. The highest BCUT2D eigenvalue weighted by molar-refractivity contribution is 9.10. The third-order valence-corrected chi connectivity index (χ3v) is 7.70. The van der Waals surface area contributed by atoms with E-state index in [1.807, 2.05) is 59.5 Å². The fourth-order valence-corrected chi connectivity index (χ4v) is 5.27. The van der Waals surface area contributed by atoms with Crippen molar-refractivity contribution >= 4 is 39.3 Å². The maximum atomic E-state index is 13.8. The van der Waals surface area contributed by atoms with E-state index in [9.17, 15) is 14.4 Å². The average molecular weight is 541 g/mol. The fraction of sp³-hybridized carbons (Fsp3) is 0.444. The summed E-state index contributed by atoms with van der Waals surface area (Å²) in [5, 5.41) is 2.96. The Morgan fingerprint density at radius 2 is 1.80 bits per heavy atom. The molecule has 4 rings (SSSR count). The van der Waals surface area contributed by atoms with Crippen LogP contribution in [0.15, 0.2) is 59.1 Å². The van der Waals surface area contributed by atoms with Gasteiger partial charge in [0.1, 0.15) is 12.1 Å². The number of hydrogen-bond donors (Lipinski definition) is 1. The third-order valence-electron chi connectivity index (χ3n) is 7.21. The minimum Gasteiger partial charge on any atom is -0.354 e. The van der Waals surface area contributed by atoms with E-state index in [0.29, 0.717) is 50.6 Å². The van der Waals surface area contributed by atoms with Crippen LogP contribution in [0.3, 0.4) is 0 Å². The number of nitrogens with zero attached hydrogens (tertiary/aromatic N) is 3. The van der Waals surface area contributed by atoms with Crippen molar-refractivity contribution in [2.45, 2.75) is 38.6 Å². The molecule has 35 heavy (non-hydrogen) atoms. The molecule has 3 amide bonds. The van der Waals surface area contributed by atoms with Crippen LogP contribution in [0.5, 0.6) is 0 Å². The van der Waals surface area contributed by atoms with Crippen molar-refractivity contribution in [3.05, 3.63) is 64.6 Å². The lowest BCUT2D eigenvalue weighted by molar-refractivity contribution is -0.137. The van der Waals surface area contributed by atoms with Crippen LogP contribution in [0.4, 0.5) is 5.69 Å². The van der Waals surface area contributed by atoms with Gasteiger partial charge in [0, 0.05) is 35.4 Å². The maximum Gasteiger partial charge on any atom is 0.253 e. The highest BCUT2D eigenvalue weighted by atomic mass is 79.9. The highest BCUT2D eigenvalue weighted by Crippen LogP contribution is 2.39. The predicted molar refractivity (Wildman–Crippen MR) is 140 cm³/mol. The van der Waals surface area contributed by atoms with Crippen molar-refractivity contribution in [1.29, 1.82) is 0 Å². The lowest BCUT2D eigenvalue weighted by atomic mass is 9.85. The molecular formula is C27H33BrN4O3. The zero-order chi connectivity index (χ0) is 25.0. The van der Waals surface area contributed by atoms with E-state index in [1.54, 1.807) is 4.90 Å². The molecule has 2 aliphatic heterocycles. The number of anilines is 1. The molecule has 2 fully saturated rings. The maximum absolute atomic E-state index is 13.8. The van der Waals surface area contributed by atoms with Crippen LogP contribution in [-0.4, -0.2) is 65.9 Å². The highest BCUT2D eigenvalue weighted by Gasteiger charge is 2.54. The summed E-state index contributed by atoms with van der Waals surface area (Å²) in [6, 6.07) is 17.3. The van der Waals surface area contributed by atoms with E-state index in [1.165, 1.54) is 0 Å². The van der Waals surface area contributed by atoms with Crippen molar-refractivity contribution in [3.8, 4) is 0 Å². The van der Waals surface area contributed by atoms with Crippen molar-refractivity contribution in [3.63, 3.8) is 0 Å². The summed E-state index contributed by atoms with van der Waals surface area (Å²) < 4.78 is 0.861. The zero-order valence-corrected chi connectivity index (χ0v) is 22.0. The predicted octanol–water partition coefficient (Wildman–Crippen LogP) is 3.89. The number of rotatable bonds is 7. The Hall–Kier alpha value is -2.87. The molecule has 2 heterocycles. The molecule has 1 unspecified atom stereocenters. The van der Waals surface area contributed by atoms with Crippen LogP contribution in [0.1, 0.15) is 43.5 Å². The monoisotopic (exact) mass is 540 g/mol. The van der Waals surface area contributed by atoms with Crippen molar-refractivity contribution in [1.82, 2.24) is 15.1 Å². The second kappa shape index (κ2) is 10.8. The first-order valence-electron chi connectivity index (χ1n) is 12.3. The van der Waals surface area contributed by atoms with E-state index >= 15 is 0 Å². The lowest BCUT2D eigenvalue weighted by Gasteiger charge is -2.43. The minimum absolute atomic E-state index is 0.0286. The number of para-hydroxylation sites is 1. The minimum atomic E-state index is -0.758.